The molecule has 0 aliphatic heterocycles. The Kier molecular flexibility index (Phi) is 5.77. The first-order chi connectivity index (χ1) is 15.8. The van der Waals surface area contributed by atoms with Crippen LogP contribution in [0.2, 0.25) is 0 Å². The van der Waals surface area contributed by atoms with E-state index in [1.165, 1.54) is 30.0 Å². The third-order valence-corrected chi connectivity index (χ3v) is 4.99. The smallest absolute Gasteiger partial charge is 0.330 e. The Hall–Kier alpha value is -4.67. The number of aromatic nitrogens is 4. The summed E-state index contributed by atoms with van der Waals surface area (Å²) in [7, 11) is 1.40. The van der Waals surface area contributed by atoms with Crippen LogP contribution in [0.4, 0.5) is 11.5 Å². The number of benzene rings is 1. The number of aryl methyl sites for hydroxylation is 1. The summed E-state index contributed by atoms with van der Waals surface area (Å²) >= 11 is 0. The number of furan rings is 1. The van der Waals surface area contributed by atoms with E-state index in [9.17, 15) is 19.2 Å². The minimum Gasteiger partial charge on any atom is -0.467 e. The number of hydrogen-bond donors (Lipinski definition) is 2. The van der Waals surface area contributed by atoms with Crippen LogP contribution in [0.25, 0.3) is 0 Å². The van der Waals surface area contributed by atoms with Crippen molar-refractivity contribution in [3.8, 4) is 0 Å². The Morgan fingerprint density at radius 3 is 2.52 bits per heavy atom. The minimum atomic E-state index is -0.841. The van der Waals surface area contributed by atoms with Gasteiger partial charge in [0.1, 0.15) is 17.3 Å². The van der Waals surface area contributed by atoms with Gasteiger partial charge < -0.3 is 10.2 Å². The lowest BCUT2D eigenvalue weighted by Crippen LogP contribution is -2.41. The lowest BCUT2D eigenvalue weighted by atomic mass is 10.2. The molecular weight excluding hydrogens is 428 g/mol. The molecule has 1 aromatic carbocycles. The predicted octanol–water partition coefficient (Wildman–Crippen LogP) is 0.701. The van der Waals surface area contributed by atoms with Crippen molar-refractivity contribution in [1.82, 2.24) is 19.3 Å². The van der Waals surface area contributed by atoms with E-state index in [4.69, 9.17) is 10.2 Å². The SMILES string of the molecule is Cn1nc(C(=O)N(Cc2ccco2)c2c(N)n(Cc3ccccc3)c(=O)[nH]c2=O)ccc1=O. The van der Waals surface area contributed by atoms with Crippen LogP contribution in [0.15, 0.2) is 79.7 Å². The molecule has 4 rings (SSSR count). The summed E-state index contributed by atoms with van der Waals surface area (Å²) in [5, 5.41) is 3.98. The summed E-state index contributed by atoms with van der Waals surface area (Å²) in [5.41, 5.74) is 4.76. The molecule has 0 unspecified atom stereocenters. The zero-order chi connectivity index (χ0) is 23.5. The molecule has 0 radical (unpaired) electrons. The normalized spacial score (nSPS) is 10.8. The van der Waals surface area contributed by atoms with Crippen molar-refractivity contribution >= 4 is 17.4 Å². The molecule has 4 aromatic rings. The highest BCUT2D eigenvalue weighted by atomic mass is 16.3. The van der Waals surface area contributed by atoms with E-state index < -0.39 is 22.7 Å². The standard InChI is InChI=1S/C22H20N6O5/c1-26-17(29)10-9-16(25-26)21(31)27(13-15-8-5-11-33-15)18-19(23)28(22(32)24-20(18)30)12-14-6-3-2-4-7-14/h2-11H,12-13,23H2,1H3,(H,24,30,32). The fourth-order valence-corrected chi connectivity index (χ4v) is 3.33. The molecule has 0 aliphatic carbocycles. The highest BCUT2D eigenvalue weighted by Crippen LogP contribution is 2.22. The van der Waals surface area contributed by atoms with E-state index in [0.717, 1.165) is 15.1 Å². The van der Waals surface area contributed by atoms with Crippen molar-refractivity contribution in [1.29, 1.82) is 0 Å². The van der Waals surface area contributed by atoms with Crippen LogP contribution in [0.3, 0.4) is 0 Å². The van der Waals surface area contributed by atoms with Crippen LogP contribution in [0.5, 0.6) is 0 Å². The first kappa shape index (κ1) is 21.6. The highest BCUT2D eigenvalue weighted by Gasteiger charge is 2.27. The second-order valence-electron chi connectivity index (χ2n) is 7.22. The number of rotatable bonds is 6. The van der Waals surface area contributed by atoms with Crippen LogP contribution in [0.1, 0.15) is 21.8 Å². The fourth-order valence-electron chi connectivity index (χ4n) is 3.33. The largest absolute Gasteiger partial charge is 0.467 e. The van der Waals surface area contributed by atoms with Crippen LogP contribution in [-0.2, 0) is 20.1 Å². The number of nitrogens with zero attached hydrogens (tertiary/aromatic N) is 4. The molecule has 3 N–H and O–H groups in total. The van der Waals surface area contributed by atoms with E-state index in [-0.39, 0.29) is 30.3 Å². The van der Waals surface area contributed by atoms with E-state index in [1.54, 1.807) is 36.4 Å². The fraction of sp³-hybridized carbons (Fsp3) is 0.136. The van der Waals surface area contributed by atoms with Gasteiger partial charge in [0.25, 0.3) is 17.0 Å². The number of nitrogens with two attached hydrogens (primary N) is 1. The molecule has 168 valence electrons. The maximum atomic E-state index is 13.4. The number of aromatic amines is 1. The van der Waals surface area contributed by atoms with Crippen molar-refractivity contribution in [3.05, 3.63) is 109 Å². The Morgan fingerprint density at radius 2 is 1.85 bits per heavy atom. The second-order valence-corrected chi connectivity index (χ2v) is 7.22. The molecule has 0 aliphatic rings. The second kappa shape index (κ2) is 8.83. The third-order valence-electron chi connectivity index (χ3n) is 4.99. The van der Waals surface area contributed by atoms with Crippen LogP contribution < -0.4 is 27.4 Å². The van der Waals surface area contributed by atoms with Gasteiger partial charge in [-0.2, -0.15) is 5.10 Å². The van der Waals surface area contributed by atoms with Crippen LogP contribution >= 0.6 is 0 Å². The Labute approximate surface area is 186 Å². The summed E-state index contributed by atoms with van der Waals surface area (Å²) in [4.78, 5) is 53.8. The van der Waals surface area contributed by atoms with Gasteiger partial charge in [0.15, 0.2) is 5.69 Å². The summed E-state index contributed by atoms with van der Waals surface area (Å²) in [6.45, 7) is -0.0800. The van der Waals surface area contributed by atoms with Crippen molar-refractivity contribution in [3.63, 3.8) is 0 Å². The molecule has 0 fully saturated rings. The number of H-pyrrole nitrogens is 1. The summed E-state index contributed by atoms with van der Waals surface area (Å²) in [6.07, 6.45) is 1.42. The molecule has 0 spiro atoms. The molecule has 1 amide bonds. The van der Waals surface area contributed by atoms with Crippen molar-refractivity contribution in [2.24, 2.45) is 7.05 Å². The predicted molar refractivity (Wildman–Crippen MR) is 120 cm³/mol. The lowest BCUT2D eigenvalue weighted by Gasteiger charge is -2.23. The zero-order valence-electron chi connectivity index (χ0n) is 17.6. The first-order valence-electron chi connectivity index (χ1n) is 9.90. The lowest BCUT2D eigenvalue weighted by molar-refractivity contribution is 0.0976. The molecule has 0 saturated carbocycles. The monoisotopic (exact) mass is 448 g/mol. The van der Waals surface area contributed by atoms with Gasteiger partial charge in [0.05, 0.1) is 19.4 Å². The van der Waals surface area contributed by atoms with Crippen LogP contribution in [-0.4, -0.2) is 25.2 Å². The number of nitrogens with one attached hydrogen (secondary N) is 1. The molecule has 11 heteroatoms. The van der Waals surface area contributed by atoms with Gasteiger partial charge in [0, 0.05) is 13.1 Å². The molecule has 0 saturated heterocycles. The van der Waals surface area contributed by atoms with Crippen molar-refractivity contribution in [2.45, 2.75) is 13.1 Å². The van der Waals surface area contributed by atoms with E-state index >= 15 is 0 Å². The molecule has 0 bridgehead atoms. The van der Waals surface area contributed by atoms with Crippen molar-refractivity contribution in [2.75, 3.05) is 10.6 Å². The van der Waals surface area contributed by atoms with Gasteiger partial charge in [-0.05, 0) is 23.8 Å². The number of anilines is 2. The highest BCUT2D eigenvalue weighted by molar-refractivity contribution is 6.05. The topological polar surface area (TPSA) is 149 Å². The molecular formula is C22H20N6O5. The Bertz CT molecular complexity index is 1470. The minimum absolute atomic E-state index is 0.0795. The average Bonchev–Trinajstić information content (AvgIpc) is 3.31. The number of hydrogen-bond acceptors (Lipinski definition) is 7. The van der Waals surface area contributed by atoms with Crippen molar-refractivity contribution < 1.29 is 9.21 Å². The summed E-state index contributed by atoms with van der Waals surface area (Å²) < 4.78 is 7.52. The quantitative estimate of drug-likeness (QED) is 0.441. The average molecular weight is 448 g/mol. The van der Waals surface area contributed by atoms with Gasteiger partial charge in [-0.1, -0.05) is 30.3 Å². The van der Waals surface area contributed by atoms with Gasteiger partial charge in [-0.15, -0.1) is 0 Å². The maximum Gasteiger partial charge on any atom is 0.330 e. The van der Waals surface area contributed by atoms with E-state index in [1.807, 2.05) is 6.07 Å². The number of amides is 1. The number of carbonyl (C=O) groups excluding carboxylic acids is 1. The zero-order valence-corrected chi connectivity index (χ0v) is 17.6. The van der Waals surface area contributed by atoms with Gasteiger partial charge >= 0.3 is 5.69 Å². The molecule has 0 atom stereocenters. The first-order valence-corrected chi connectivity index (χ1v) is 9.90. The third kappa shape index (κ3) is 4.37. The summed E-state index contributed by atoms with van der Waals surface area (Å²) in [6, 6.07) is 14.7. The van der Waals surface area contributed by atoms with Gasteiger partial charge in [0.2, 0.25) is 0 Å². The molecule has 11 nitrogen and oxygen atoms in total. The summed E-state index contributed by atoms with van der Waals surface area (Å²) in [5.74, 6) is -0.533. The van der Waals surface area contributed by atoms with E-state index in [0.29, 0.717) is 5.76 Å². The molecule has 33 heavy (non-hydrogen) atoms. The number of nitrogen functional groups attached to an aromatic ring is 1. The Balaban J connectivity index is 1.85. The Morgan fingerprint density at radius 1 is 1.09 bits per heavy atom. The maximum absolute atomic E-state index is 13.4. The molecule has 3 aromatic heterocycles. The number of carbonyl (C=O) groups is 1. The van der Waals surface area contributed by atoms with E-state index in [2.05, 4.69) is 10.1 Å². The van der Waals surface area contributed by atoms with Gasteiger partial charge in [-0.25, -0.2) is 9.48 Å². The molecule has 3 heterocycles. The van der Waals surface area contributed by atoms with Gasteiger partial charge in [-0.3, -0.25) is 28.8 Å². The van der Waals surface area contributed by atoms with Crippen LogP contribution in [0, 0.1) is 0 Å².